The summed E-state index contributed by atoms with van der Waals surface area (Å²) >= 11 is 0. The van der Waals surface area contributed by atoms with E-state index in [2.05, 4.69) is 25.3 Å². The van der Waals surface area contributed by atoms with E-state index in [9.17, 15) is 26.8 Å². The van der Waals surface area contributed by atoms with Crippen molar-refractivity contribution in [1.82, 2.24) is 20.6 Å². The third kappa shape index (κ3) is 5.60. The van der Waals surface area contributed by atoms with Crippen LogP contribution in [0.25, 0.3) is 11.1 Å². The number of carbonyl (C=O) groups excluding carboxylic acids is 2. The molecular formula is C23H21F2N5O4S. The van der Waals surface area contributed by atoms with Crippen molar-refractivity contribution in [2.75, 3.05) is 11.0 Å². The van der Waals surface area contributed by atoms with Gasteiger partial charge in [-0.1, -0.05) is 24.3 Å². The molecule has 12 heteroatoms. The lowest BCUT2D eigenvalue weighted by molar-refractivity contribution is -0.124. The zero-order valence-electron chi connectivity index (χ0n) is 18.5. The first kappa shape index (κ1) is 24.2. The Kier molecular flexibility index (Phi) is 6.48. The van der Waals surface area contributed by atoms with Gasteiger partial charge < -0.3 is 10.6 Å². The number of amides is 2. The molecule has 4 rings (SSSR count). The van der Waals surface area contributed by atoms with Crippen molar-refractivity contribution >= 4 is 27.5 Å². The summed E-state index contributed by atoms with van der Waals surface area (Å²) in [5.41, 5.74) is -0.568. The third-order valence-electron chi connectivity index (χ3n) is 5.46. The Hall–Kier alpha value is -3.93. The van der Waals surface area contributed by atoms with Crippen LogP contribution in [0.5, 0.6) is 0 Å². The zero-order chi connectivity index (χ0) is 25.2. The molecule has 3 aromatic rings. The first-order chi connectivity index (χ1) is 16.6. The normalized spacial score (nSPS) is 14.1. The molecule has 35 heavy (non-hydrogen) atoms. The van der Waals surface area contributed by atoms with Crippen molar-refractivity contribution in [3.05, 3.63) is 77.9 Å². The minimum Gasteiger partial charge on any atom is -0.350 e. The Labute approximate surface area is 200 Å². The second-order valence-corrected chi connectivity index (χ2v) is 9.94. The summed E-state index contributed by atoms with van der Waals surface area (Å²) in [7, 11) is -3.77. The number of benzene rings is 2. The monoisotopic (exact) mass is 501 g/mol. The van der Waals surface area contributed by atoms with E-state index in [1.807, 2.05) is 0 Å². The second-order valence-electron chi connectivity index (χ2n) is 8.19. The van der Waals surface area contributed by atoms with Gasteiger partial charge >= 0.3 is 0 Å². The number of halogens is 2. The first-order valence-corrected chi connectivity index (χ1v) is 12.4. The molecule has 2 amide bonds. The van der Waals surface area contributed by atoms with E-state index in [-0.39, 0.29) is 34.5 Å². The van der Waals surface area contributed by atoms with Crippen LogP contribution in [0.3, 0.4) is 0 Å². The summed E-state index contributed by atoms with van der Waals surface area (Å²) in [5, 5.41) is 5.31. The Morgan fingerprint density at radius 2 is 1.77 bits per heavy atom. The zero-order valence-corrected chi connectivity index (χ0v) is 19.3. The highest BCUT2D eigenvalue weighted by molar-refractivity contribution is 7.92. The van der Waals surface area contributed by atoms with Gasteiger partial charge in [-0.2, -0.15) is 0 Å². The highest BCUT2D eigenvalue weighted by Gasteiger charge is 2.51. The van der Waals surface area contributed by atoms with Gasteiger partial charge in [0.1, 0.15) is 23.5 Å². The number of anilines is 1. The molecule has 0 atom stereocenters. The number of aromatic nitrogens is 2. The quantitative estimate of drug-likeness (QED) is 0.435. The Morgan fingerprint density at radius 3 is 2.40 bits per heavy atom. The average molecular weight is 502 g/mol. The fraction of sp³-hybridized carbons (Fsp3) is 0.217. The summed E-state index contributed by atoms with van der Waals surface area (Å²) in [5.74, 6) is -2.41. The van der Waals surface area contributed by atoms with Crippen LogP contribution in [0.15, 0.2) is 55.1 Å². The summed E-state index contributed by atoms with van der Waals surface area (Å²) in [6.45, 7) is -0.144. The molecule has 0 saturated heterocycles. The van der Waals surface area contributed by atoms with Crippen molar-refractivity contribution < 1.29 is 26.8 Å². The Morgan fingerprint density at radius 1 is 1.06 bits per heavy atom. The number of nitrogens with zero attached hydrogens (tertiary/aromatic N) is 2. The lowest BCUT2D eigenvalue weighted by atomic mass is 10.0. The molecule has 0 radical (unpaired) electrons. The molecule has 2 aromatic carbocycles. The molecule has 1 aromatic heterocycles. The van der Waals surface area contributed by atoms with Crippen LogP contribution in [0, 0.1) is 11.6 Å². The maximum Gasteiger partial charge on any atom is 0.255 e. The number of hydrogen-bond acceptors (Lipinski definition) is 6. The molecule has 3 N–H and O–H groups in total. The summed E-state index contributed by atoms with van der Waals surface area (Å²) in [4.78, 5) is 32.6. The molecule has 1 aliphatic rings. The van der Waals surface area contributed by atoms with Crippen LogP contribution < -0.4 is 15.4 Å². The van der Waals surface area contributed by atoms with Gasteiger partial charge in [-0.3, -0.25) is 14.3 Å². The molecule has 0 bridgehead atoms. The number of para-hydroxylation sites is 1. The predicted molar refractivity (Wildman–Crippen MR) is 124 cm³/mol. The molecule has 1 heterocycles. The molecule has 1 saturated carbocycles. The van der Waals surface area contributed by atoms with Gasteiger partial charge in [0.05, 0.1) is 17.5 Å². The van der Waals surface area contributed by atoms with Crippen LogP contribution >= 0.6 is 0 Å². The SMILES string of the molecule is CS(=O)(=O)Nc1c(F)cccc1-c1ccc(CNC(=O)C2(NC(=O)c3cncnc3)CC2)c(F)c1. The van der Waals surface area contributed by atoms with Crippen molar-refractivity contribution in [1.29, 1.82) is 0 Å². The highest BCUT2D eigenvalue weighted by atomic mass is 32.2. The summed E-state index contributed by atoms with van der Waals surface area (Å²) < 4.78 is 54.4. The second kappa shape index (κ2) is 9.37. The van der Waals surface area contributed by atoms with Gasteiger partial charge in [-0.25, -0.2) is 27.2 Å². The first-order valence-electron chi connectivity index (χ1n) is 10.5. The average Bonchev–Trinajstić information content (AvgIpc) is 3.60. The standard InChI is InChI=1S/C23H21F2N5O4S/c1-35(33,34)30-20-17(3-2-4-18(20)24)14-5-6-15(19(25)9-14)12-28-22(32)23(7-8-23)29-21(31)16-10-26-13-27-11-16/h2-6,9-11,13,30H,7-8,12H2,1H3,(H,28,32)(H,29,31). The molecule has 0 spiro atoms. The molecular weight excluding hydrogens is 480 g/mol. The van der Waals surface area contributed by atoms with Gasteiger partial charge in [-0.05, 0) is 30.5 Å². The number of rotatable bonds is 8. The van der Waals surface area contributed by atoms with Crippen LogP contribution in [0.2, 0.25) is 0 Å². The van der Waals surface area contributed by atoms with Crippen molar-refractivity contribution in [3.63, 3.8) is 0 Å². The number of carbonyl (C=O) groups is 2. The third-order valence-corrected chi connectivity index (χ3v) is 6.04. The van der Waals surface area contributed by atoms with Gasteiger partial charge in [0.15, 0.2) is 0 Å². The van der Waals surface area contributed by atoms with Crippen molar-refractivity contribution in [3.8, 4) is 11.1 Å². The van der Waals surface area contributed by atoms with Gasteiger partial charge in [0.2, 0.25) is 15.9 Å². The number of sulfonamides is 1. The topological polar surface area (TPSA) is 130 Å². The molecule has 1 fully saturated rings. The fourth-order valence-electron chi connectivity index (χ4n) is 3.50. The van der Waals surface area contributed by atoms with Gasteiger partial charge in [0, 0.05) is 30.1 Å². The van der Waals surface area contributed by atoms with E-state index in [1.54, 1.807) is 0 Å². The number of hydrogen-bond donors (Lipinski definition) is 3. The molecule has 0 aliphatic heterocycles. The van der Waals surface area contributed by atoms with Crippen LogP contribution in [0.4, 0.5) is 14.5 Å². The molecule has 9 nitrogen and oxygen atoms in total. The Balaban J connectivity index is 1.46. The van der Waals surface area contributed by atoms with E-state index in [4.69, 9.17) is 0 Å². The van der Waals surface area contributed by atoms with Crippen molar-refractivity contribution in [2.45, 2.75) is 24.9 Å². The number of nitrogens with one attached hydrogen (secondary N) is 3. The minimum absolute atomic E-state index is 0.144. The highest BCUT2D eigenvalue weighted by Crippen LogP contribution is 2.36. The van der Waals surface area contributed by atoms with E-state index >= 15 is 0 Å². The minimum atomic E-state index is -3.77. The lowest BCUT2D eigenvalue weighted by Gasteiger charge is -2.17. The predicted octanol–water partition coefficient (Wildman–Crippen LogP) is 2.37. The summed E-state index contributed by atoms with van der Waals surface area (Å²) in [6.07, 6.45) is 5.72. The van der Waals surface area contributed by atoms with Crippen LogP contribution in [0.1, 0.15) is 28.8 Å². The Bertz CT molecular complexity index is 1400. The lowest BCUT2D eigenvalue weighted by Crippen LogP contribution is -2.48. The van der Waals surface area contributed by atoms with E-state index < -0.39 is 39.0 Å². The van der Waals surface area contributed by atoms with Crippen LogP contribution in [-0.4, -0.2) is 42.0 Å². The molecule has 1 aliphatic carbocycles. The maximum absolute atomic E-state index is 14.8. The van der Waals surface area contributed by atoms with Crippen LogP contribution in [-0.2, 0) is 21.4 Å². The smallest absolute Gasteiger partial charge is 0.255 e. The molecule has 182 valence electrons. The summed E-state index contributed by atoms with van der Waals surface area (Å²) in [6, 6.07) is 7.98. The largest absolute Gasteiger partial charge is 0.350 e. The van der Waals surface area contributed by atoms with E-state index in [0.717, 1.165) is 18.4 Å². The maximum atomic E-state index is 14.8. The van der Waals surface area contributed by atoms with E-state index in [0.29, 0.717) is 12.8 Å². The van der Waals surface area contributed by atoms with Gasteiger partial charge in [-0.15, -0.1) is 0 Å². The van der Waals surface area contributed by atoms with Crippen molar-refractivity contribution in [2.24, 2.45) is 0 Å². The fourth-order valence-corrected chi connectivity index (χ4v) is 4.07. The van der Waals surface area contributed by atoms with Gasteiger partial charge in [0.25, 0.3) is 5.91 Å². The van der Waals surface area contributed by atoms with E-state index in [1.165, 1.54) is 43.0 Å². The molecule has 0 unspecified atom stereocenters.